The molecule has 2 aromatic heterocycles. The fourth-order valence-electron chi connectivity index (χ4n) is 5.78. The maximum absolute atomic E-state index is 14.0. The summed E-state index contributed by atoms with van der Waals surface area (Å²) in [4.78, 5) is 50.6. The molecule has 218 valence electrons. The monoisotopic (exact) mass is 565 g/mol. The maximum atomic E-state index is 14.0. The molecule has 5 rings (SSSR count). The van der Waals surface area contributed by atoms with Gasteiger partial charge in [-0.1, -0.05) is 12.1 Å². The highest BCUT2D eigenvalue weighted by atomic mass is 19.1. The van der Waals surface area contributed by atoms with Crippen molar-refractivity contribution in [3.05, 3.63) is 59.0 Å². The highest BCUT2D eigenvalue weighted by molar-refractivity contribution is 6.45. The van der Waals surface area contributed by atoms with E-state index >= 15 is 0 Å². The van der Waals surface area contributed by atoms with Crippen LogP contribution in [0, 0.1) is 5.82 Å². The lowest BCUT2D eigenvalue weighted by atomic mass is 10.0. The molecule has 3 aromatic rings. The molecule has 0 N–H and O–H groups in total. The van der Waals surface area contributed by atoms with Crippen LogP contribution in [0.15, 0.2) is 36.5 Å². The number of carbonyl (C=O) groups is 3. The number of methoxy groups -OCH3 is 2. The molecule has 2 fully saturated rings. The van der Waals surface area contributed by atoms with Crippen LogP contribution in [0.3, 0.4) is 0 Å². The van der Waals surface area contributed by atoms with E-state index in [1.165, 1.54) is 26.4 Å². The van der Waals surface area contributed by atoms with Gasteiger partial charge < -0.3 is 23.8 Å². The topological polar surface area (TPSA) is 97.2 Å². The van der Waals surface area contributed by atoms with E-state index in [1.54, 1.807) is 38.8 Å². The minimum absolute atomic E-state index is 0.0425. The third kappa shape index (κ3) is 5.69. The standard InChI is InChI=1S/C30H36FN5O5/c1-19-15-36(20(2)14-34(19)16-21-7-9-22(31)10-8-21)29(38)24-13-23-25(26(37)30(39)33-11-5-6-12-33)17-35(18-40-3)27(23)32-28(24)41-4/h7-10,13,17,19-20H,5-6,11-12,14-16,18H2,1-4H3/t19-,20+/m0/s1. The number of rotatable bonds is 8. The molecule has 0 radical (unpaired) electrons. The Morgan fingerprint density at radius 3 is 2.37 bits per heavy atom. The number of carbonyl (C=O) groups excluding carboxylic acids is 3. The summed E-state index contributed by atoms with van der Waals surface area (Å²) in [6.07, 6.45) is 3.30. The van der Waals surface area contributed by atoms with Gasteiger partial charge in [0.15, 0.2) is 0 Å². The quantitative estimate of drug-likeness (QED) is 0.305. The van der Waals surface area contributed by atoms with Crippen LogP contribution >= 0.6 is 0 Å². The molecule has 2 saturated heterocycles. The van der Waals surface area contributed by atoms with Gasteiger partial charge in [-0.05, 0) is 50.5 Å². The van der Waals surface area contributed by atoms with Crippen molar-refractivity contribution in [3.63, 3.8) is 0 Å². The average Bonchev–Trinajstić information content (AvgIpc) is 3.63. The Morgan fingerprint density at radius 1 is 1.00 bits per heavy atom. The van der Waals surface area contributed by atoms with Crippen LogP contribution < -0.4 is 4.74 Å². The Hall–Kier alpha value is -3.83. The number of pyridine rings is 1. The number of halogens is 1. The maximum Gasteiger partial charge on any atom is 0.295 e. The lowest BCUT2D eigenvalue weighted by molar-refractivity contribution is -0.125. The molecule has 0 saturated carbocycles. The van der Waals surface area contributed by atoms with Gasteiger partial charge in [0, 0.05) is 63.5 Å². The Kier molecular flexibility index (Phi) is 8.37. The van der Waals surface area contributed by atoms with Crippen molar-refractivity contribution in [1.82, 2.24) is 24.3 Å². The largest absolute Gasteiger partial charge is 0.480 e. The van der Waals surface area contributed by atoms with E-state index in [9.17, 15) is 18.8 Å². The van der Waals surface area contributed by atoms with Crippen molar-refractivity contribution >= 4 is 28.6 Å². The van der Waals surface area contributed by atoms with Crippen molar-refractivity contribution < 1.29 is 28.2 Å². The number of aromatic nitrogens is 2. The number of hydrogen-bond donors (Lipinski definition) is 0. The number of likely N-dealkylation sites (tertiary alicyclic amines) is 1. The van der Waals surface area contributed by atoms with Crippen molar-refractivity contribution in [2.45, 2.75) is 52.0 Å². The second-order valence-electron chi connectivity index (χ2n) is 10.9. The van der Waals surface area contributed by atoms with E-state index in [0.717, 1.165) is 18.4 Å². The Labute approximate surface area is 238 Å². The molecule has 0 unspecified atom stereocenters. The number of amides is 2. The molecule has 41 heavy (non-hydrogen) atoms. The SMILES string of the molecule is COCn1cc(C(=O)C(=O)N2CCCC2)c2cc(C(=O)N3C[C@H](C)N(Cc4ccc(F)cc4)C[C@H]3C)c(OC)nc21. The van der Waals surface area contributed by atoms with Crippen LogP contribution in [0.5, 0.6) is 5.88 Å². The minimum atomic E-state index is -0.631. The molecule has 1 aromatic carbocycles. The Morgan fingerprint density at radius 2 is 1.71 bits per heavy atom. The van der Waals surface area contributed by atoms with Gasteiger partial charge in [0.25, 0.3) is 17.6 Å². The summed E-state index contributed by atoms with van der Waals surface area (Å²) in [5.74, 6) is -1.58. The average molecular weight is 566 g/mol. The summed E-state index contributed by atoms with van der Waals surface area (Å²) in [5, 5.41) is 0.402. The van der Waals surface area contributed by atoms with Gasteiger partial charge in [-0.2, -0.15) is 4.98 Å². The van der Waals surface area contributed by atoms with Gasteiger partial charge >= 0.3 is 0 Å². The van der Waals surface area contributed by atoms with Gasteiger partial charge in [-0.3, -0.25) is 19.3 Å². The van der Waals surface area contributed by atoms with Crippen molar-refractivity contribution in [2.24, 2.45) is 0 Å². The van der Waals surface area contributed by atoms with E-state index < -0.39 is 11.7 Å². The summed E-state index contributed by atoms with van der Waals surface area (Å²) in [6, 6.07) is 7.99. The summed E-state index contributed by atoms with van der Waals surface area (Å²) in [6.45, 7) is 7.00. The lowest BCUT2D eigenvalue weighted by Crippen LogP contribution is -2.57. The minimum Gasteiger partial charge on any atom is -0.480 e. The molecular formula is C30H36FN5O5. The third-order valence-electron chi connectivity index (χ3n) is 8.01. The molecule has 2 amide bonds. The van der Waals surface area contributed by atoms with Crippen molar-refractivity contribution in [3.8, 4) is 5.88 Å². The van der Waals surface area contributed by atoms with E-state index in [-0.39, 0.29) is 47.5 Å². The first-order chi connectivity index (χ1) is 19.7. The fourth-order valence-corrected chi connectivity index (χ4v) is 5.78. The Bertz CT molecular complexity index is 1450. The van der Waals surface area contributed by atoms with Crippen LogP contribution in [-0.2, 0) is 22.8 Å². The highest BCUT2D eigenvalue weighted by Gasteiger charge is 2.35. The second-order valence-corrected chi connectivity index (χ2v) is 10.9. The zero-order chi connectivity index (χ0) is 29.3. The number of Topliss-reactive ketones (excluding diaryl/α,β-unsaturated/α-hetero) is 1. The van der Waals surface area contributed by atoms with E-state index in [1.807, 2.05) is 6.92 Å². The van der Waals surface area contributed by atoms with E-state index in [2.05, 4.69) is 16.8 Å². The number of nitrogens with zero attached hydrogens (tertiary/aromatic N) is 5. The molecule has 10 nitrogen and oxygen atoms in total. The molecule has 0 aliphatic carbocycles. The summed E-state index contributed by atoms with van der Waals surface area (Å²) in [7, 11) is 2.97. The Balaban J connectivity index is 1.45. The van der Waals surface area contributed by atoms with Gasteiger partial charge in [0.1, 0.15) is 23.8 Å². The number of hydrogen-bond acceptors (Lipinski definition) is 7. The summed E-state index contributed by atoms with van der Waals surface area (Å²) in [5.41, 5.74) is 1.80. The molecule has 2 aliphatic heterocycles. The van der Waals surface area contributed by atoms with Crippen LogP contribution in [0.2, 0.25) is 0 Å². The third-order valence-corrected chi connectivity index (χ3v) is 8.01. The van der Waals surface area contributed by atoms with Crippen LogP contribution in [0.1, 0.15) is 53.0 Å². The van der Waals surface area contributed by atoms with Crippen molar-refractivity contribution in [2.75, 3.05) is 40.4 Å². The van der Waals surface area contributed by atoms with Gasteiger partial charge in [0.2, 0.25) is 5.88 Å². The number of fused-ring (bicyclic) bond motifs is 1. The predicted octanol–water partition coefficient (Wildman–Crippen LogP) is 3.33. The first-order valence-corrected chi connectivity index (χ1v) is 13.9. The molecule has 2 atom stereocenters. The highest BCUT2D eigenvalue weighted by Crippen LogP contribution is 2.30. The molecule has 0 spiro atoms. The van der Waals surface area contributed by atoms with Crippen LogP contribution in [0.4, 0.5) is 4.39 Å². The first-order valence-electron chi connectivity index (χ1n) is 13.9. The predicted molar refractivity (Wildman–Crippen MR) is 150 cm³/mol. The molecule has 0 bridgehead atoms. The number of ketones is 1. The van der Waals surface area contributed by atoms with E-state index in [0.29, 0.717) is 43.8 Å². The fraction of sp³-hybridized carbons (Fsp3) is 0.467. The first kappa shape index (κ1) is 28.7. The molecule has 2 aliphatic rings. The summed E-state index contributed by atoms with van der Waals surface area (Å²) < 4.78 is 25.9. The lowest BCUT2D eigenvalue weighted by Gasteiger charge is -2.44. The normalized spacial score (nSPS) is 19.6. The molecular weight excluding hydrogens is 529 g/mol. The molecule has 11 heteroatoms. The second kappa shape index (κ2) is 12.0. The smallest absolute Gasteiger partial charge is 0.295 e. The van der Waals surface area contributed by atoms with Gasteiger partial charge in [0.05, 0.1) is 12.7 Å². The van der Waals surface area contributed by atoms with Crippen molar-refractivity contribution in [1.29, 1.82) is 0 Å². The zero-order valence-electron chi connectivity index (χ0n) is 23.9. The zero-order valence-corrected chi connectivity index (χ0v) is 23.9. The van der Waals surface area contributed by atoms with Crippen LogP contribution in [0.25, 0.3) is 11.0 Å². The molecule has 4 heterocycles. The van der Waals surface area contributed by atoms with Crippen LogP contribution in [-0.4, -0.2) is 94.3 Å². The van der Waals surface area contributed by atoms with E-state index in [4.69, 9.17) is 9.47 Å². The summed E-state index contributed by atoms with van der Waals surface area (Å²) >= 11 is 0. The number of benzene rings is 1. The van der Waals surface area contributed by atoms with Gasteiger partial charge in [-0.15, -0.1) is 0 Å². The van der Waals surface area contributed by atoms with Gasteiger partial charge in [-0.25, -0.2) is 4.39 Å². The number of piperazine rings is 1. The number of ether oxygens (including phenoxy) is 2.